The Balaban J connectivity index is 1.17. The van der Waals surface area contributed by atoms with Crippen LogP contribution in [-0.2, 0) is 5.41 Å². The van der Waals surface area contributed by atoms with E-state index in [1.54, 1.807) is 0 Å². The van der Waals surface area contributed by atoms with Gasteiger partial charge in [-0.3, -0.25) is 0 Å². The molecule has 0 N–H and O–H groups in total. The molecule has 0 fully saturated rings. The van der Waals surface area contributed by atoms with Gasteiger partial charge in [0.05, 0.1) is 5.69 Å². The van der Waals surface area contributed by atoms with Crippen molar-refractivity contribution in [3.63, 3.8) is 0 Å². The van der Waals surface area contributed by atoms with Gasteiger partial charge in [0.15, 0.2) is 0 Å². The molecule has 10 aromatic carbocycles. The van der Waals surface area contributed by atoms with Gasteiger partial charge in [-0.1, -0.05) is 166 Å². The molecule has 14 rings (SSSR count). The Bertz CT molecular complexity index is 3940. The van der Waals surface area contributed by atoms with Gasteiger partial charge in [0.25, 0.3) is 0 Å². The first-order valence-electron chi connectivity index (χ1n) is 23.4. The van der Waals surface area contributed by atoms with E-state index in [0.717, 1.165) is 56.1 Å². The fourth-order valence-corrected chi connectivity index (χ4v) is 11.5. The third-order valence-electron chi connectivity index (χ3n) is 14.5. The van der Waals surface area contributed by atoms with E-state index in [1.165, 1.54) is 71.3 Å². The summed E-state index contributed by atoms with van der Waals surface area (Å²) in [6, 6.07) is 78.2. The lowest BCUT2D eigenvalue weighted by atomic mass is 9.45. The summed E-state index contributed by atoms with van der Waals surface area (Å²) in [5, 5.41) is 7.28. The second-order valence-electron chi connectivity index (χ2n) is 19.2. The maximum Gasteiger partial charge on any atom is 0.333 e. The second kappa shape index (κ2) is 14.1. The molecule has 0 aliphatic carbocycles. The number of furan rings is 1. The highest BCUT2D eigenvalue weighted by Gasteiger charge is 2.45. The van der Waals surface area contributed by atoms with Crippen LogP contribution in [0.5, 0.6) is 0 Å². The van der Waals surface area contributed by atoms with Crippen LogP contribution < -0.4 is 20.7 Å². The van der Waals surface area contributed by atoms with Crippen molar-refractivity contribution in [2.45, 2.75) is 26.2 Å². The maximum atomic E-state index is 7.10. The largest absolute Gasteiger partial charge is 0.455 e. The number of para-hydroxylation sites is 4. The number of hydrogen-bond donors (Lipinski definition) is 0. The van der Waals surface area contributed by atoms with Gasteiger partial charge in [-0.25, -0.2) is 0 Å². The number of aromatic nitrogens is 1. The predicted octanol–water partition coefficient (Wildman–Crippen LogP) is 15.7. The fraction of sp³-hybridized carbons (Fsp3) is 0.0645. The maximum absolute atomic E-state index is 7.10. The van der Waals surface area contributed by atoms with Crippen LogP contribution in [-0.4, -0.2) is 11.3 Å². The molecular weight excluding hydrogens is 814 g/mol. The number of rotatable bonds is 5. The Hall–Kier alpha value is -8.28. The van der Waals surface area contributed by atoms with Crippen LogP contribution in [0.2, 0.25) is 0 Å². The molecule has 5 heteroatoms. The molecule has 0 amide bonds. The van der Waals surface area contributed by atoms with Crippen LogP contribution in [0, 0.1) is 0 Å². The minimum Gasteiger partial charge on any atom is -0.455 e. The average molecular weight is 858 g/mol. The molecule has 67 heavy (non-hydrogen) atoms. The first-order valence-corrected chi connectivity index (χ1v) is 23.4. The molecule has 0 unspecified atom stereocenters. The van der Waals surface area contributed by atoms with Crippen molar-refractivity contribution in [3.05, 3.63) is 218 Å². The van der Waals surface area contributed by atoms with Crippen molar-refractivity contribution in [2.75, 3.05) is 9.80 Å². The number of fused-ring (bicyclic) bond motifs is 13. The SMILES string of the molecule is CC(C)(C)c1ccc(N2c3cc(N(c4ccccc4)c4ccccc4)ccc3B3c4c2cc2c(oc5ccccc52)c4-c2cccc4c5c6ccccc6ccc5n3c24)c(-c2ccccc2)c1. The van der Waals surface area contributed by atoms with E-state index in [4.69, 9.17) is 4.42 Å². The van der Waals surface area contributed by atoms with Crippen molar-refractivity contribution in [2.24, 2.45) is 0 Å². The molecule has 0 saturated carbocycles. The Kier molecular flexibility index (Phi) is 8.01. The van der Waals surface area contributed by atoms with Gasteiger partial charge in [0.2, 0.25) is 0 Å². The monoisotopic (exact) mass is 857 g/mol. The van der Waals surface area contributed by atoms with Crippen molar-refractivity contribution < 1.29 is 4.42 Å². The summed E-state index contributed by atoms with van der Waals surface area (Å²) in [4.78, 5) is 4.98. The van der Waals surface area contributed by atoms with Gasteiger partial charge >= 0.3 is 6.85 Å². The van der Waals surface area contributed by atoms with Gasteiger partial charge in [-0.05, 0) is 105 Å². The molecule has 2 aromatic heterocycles. The fourth-order valence-electron chi connectivity index (χ4n) is 11.5. The number of benzene rings is 10. The molecule has 4 heterocycles. The minimum atomic E-state index is -0.171. The number of nitrogens with zero attached hydrogens (tertiary/aromatic N) is 3. The van der Waals surface area contributed by atoms with Gasteiger partial charge in [-0.15, -0.1) is 0 Å². The Morgan fingerprint density at radius 1 is 0.493 bits per heavy atom. The van der Waals surface area contributed by atoms with E-state index in [2.05, 4.69) is 247 Å². The van der Waals surface area contributed by atoms with Gasteiger partial charge in [0, 0.05) is 77.7 Å². The van der Waals surface area contributed by atoms with Gasteiger partial charge in [0.1, 0.15) is 11.2 Å². The highest BCUT2D eigenvalue weighted by atomic mass is 16.3. The van der Waals surface area contributed by atoms with Gasteiger partial charge in [-0.2, -0.15) is 0 Å². The molecule has 0 radical (unpaired) electrons. The average Bonchev–Trinajstić information content (AvgIpc) is 3.92. The van der Waals surface area contributed by atoms with Crippen LogP contribution >= 0.6 is 0 Å². The van der Waals surface area contributed by atoms with E-state index in [1.807, 2.05) is 0 Å². The standard InChI is InChI=1S/C62H44BN3O/c1-62(2,3)41-31-35-52(49(36-41)39-18-7-4-8-19-39)65-54-37-44(64(42-21-9-5-10-22-42)43-23-11-6-12-24-43)32-33-51(54)63-59-55(65)38-50-46-26-15-16-29-56(46)67-61(50)58(59)48-28-17-27-47-57-45-25-14-13-20-40(45)30-34-53(57)66(63)60(47)48/h4-38H,1-3H3. The van der Waals surface area contributed by atoms with Gasteiger partial charge < -0.3 is 18.7 Å². The lowest BCUT2D eigenvalue weighted by Gasteiger charge is -2.42. The Labute approximate surface area is 389 Å². The number of anilines is 6. The molecule has 2 aliphatic rings. The molecule has 2 aliphatic heterocycles. The van der Waals surface area contributed by atoms with Crippen LogP contribution in [0.1, 0.15) is 26.3 Å². The first kappa shape index (κ1) is 38.0. The van der Waals surface area contributed by atoms with Crippen LogP contribution in [0.3, 0.4) is 0 Å². The number of hydrogen-bond acceptors (Lipinski definition) is 3. The van der Waals surface area contributed by atoms with Crippen LogP contribution in [0.15, 0.2) is 217 Å². The third-order valence-corrected chi connectivity index (χ3v) is 14.5. The summed E-state index contributed by atoms with van der Waals surface area (Å²) in [6.45, 7) is 6.75. The van der Waals surface area contributed by atoms with E-state index >= 15 is 0 Å². The van der Waals surface area contributed by atoms with E-state index in [9.17, 15) is 0 Å². The summed E-state index contributed by atoms with van der Waals surface area (Å²) >= 11 is 0. The highest BCUT2D eigenvalue weighted by molar-refractivity contribution is 6.90. The molecule has 12 aromatic rings. The minimum absolute atomic E-state index is 0.0610. The Morgan fingerprint density at radius 3 is 1.94 bits per heavy atom. The molecule has 0 spiro atoms. The lowest BCUT2D eigenvalue weighted by molar-refractivity contribution is 0.590. The quantitative estimate of drug-likeness (QED) is 0.161. The summed E-state index contributed by atoms with van der Waals surface area (Å²) in [6.07, 6.45) is 0. The Morgan fingerprint density at radius 2 is 1.18 bits per heavy atom. The van der Waals surface area contributed by atoms with Crippen molar-refractivity contribution >= 4 is 106 Å². The second-order valence-corrected chi connectivity index (χ2v) is 19.2. The summed E-state index contributed by atoms with van der Waals surface area (Å²) in [7, 11) is 0. The van der Waals surface area contributed by atoms with Crippen LogP contribution in [0.25, 0.3) is 76.8 Å². The zero-order valence-electron chi connectivity index (χ0n) is 37.5. The van der Waals surface area contributed by atoms with Crippen LogP contribution in [0.4, 0.5) is 34.1 Å². The molecule has 0 bridgehead atoms. The zero-order chi connectivity index (χ0) is 44.5. The molecule has 4 nitrogen and oxygen atoms in total. The molecule has 0 saturated heterocycles. The molecular formula is C62H44BN3O. The summed E-state index contributed by atoms with van der Waals surface area (Å²) in [5.74, 6) is 0. The van der Waals surface area contributed by atoms with E-state index < -0.39 is 0 Å². The summed E-state index contributed by atoms with van der Waals surface area (Å²) < 4.78 is 9.76. The first-order chi connectivity index (χ1) is 32.9. The third kappa shape index (κ3) is 5.49. The smallest absolute Gasteiger partial charge is 0.333 e. The van der Waals surface area contributed by atoms with E-state index in [0.29, 0.717) is 0 Å². The highest BCUT2D eigenvalue weighted by Crippen LogP contribution is 2.52. The molecule has 316 valence electrons. The lowest BCUT2D eigenvalue weighted by Crippen LogP contribution is -2.56. The summed E-state index contributed by atoms with van der Waals surface area (Å²) in [5.41, 5.74) is 19.4. The van der Waals surface area contributed by atoms with Crippen molar-refractivity contribution in [3.8, 4) is 22.3 Å². The normalized spacial score (nSPS) is 12.9. The van der Waals surface area contributed by atoms with Crippen molar-refractivity contribution in [1.29, 1.82) is 0 Å². The van der Waals surface area contributed by atoms with Crippen molar-refractivity contribution in [1.82, 2.24) is 4.48 Å². The molecule has 0 atom stereocenters. The topological polar surface area (TPSA) is 24.6 Å². The zero-order valence-corrected chi connectivity index (χ0v) is 37.5. The predicted molar refractivity (Wildman–Crippen MR) is 284 cm³/mol. The van der Waals surface area contributed by atoms with E-state index in [-0.39, 0.29) is 12.3 Å².